The zero-order valence-electron chi connectivity index (χ0n) is 12.3. The SMILES string of the molecule is CC(C)NCCNC(=O)CCC(C)NC(C)C(=O)O. The van der Waals surface area contributed by atoms with Crippen LogP contribution in [0.15, 0.2) is 0 Å². The molecule has 1 amide bonds. The van der Waals surface area contributed by atoms with Gasteiger partial charge in [-0.3, -0.25) is 9.59 Å². The Hall–Kier alpha value is -1.14. The van der Waals surface area contributed by atoms with E-state index in [1.54, 1.807) is 6.92 Å². The van der Waals surface area contributed by atoms with Crippen molar-refractivity contribution in [1.29, 1.82) is 0 Å². The molecule has 0 aliphatic carbocycles. The van der Waals surface area contributed by atoms with E-state index in [4.69, 9.17) is 5.11 Å². The maximum atomic E-state index is 11.5. The van der Waals surface area contributed by atoms with Gasteiger partial charge >= 0.3 is 5.97 Å². The number of carboxylic acids is 1. The van der Waals surface area contributed by atoms with Gasteiger partial charge < -0.3 is 21.1 Å². The molecular formula is C13H27N3O3. The molecule has 0 fully saturated rings. The van der Waals surface area contributed by atoms with Crippen molar-refractivity contribution in [2.75, 3.05) is 13.1 Å². The minimum atomic E-state index is -0.879. The van der Waals surface area contributed by atoms with Crippen LogP contribution in [0.25, 0.3) is 0 Å². The first kappa shape index (κ1) is 17.9. The lowest BCUT2D eigenvalue weighted by atomic mass is 10.1. The Morgan fingerprint density at radius 3 is 2.26 bits per heavy atom. The summed E-state index contributed by atoms with van der Waals surface area (Å²) in [5.41, 5.74) is 0. The van der Waals surface area contributed by atoms with E-state index in [0.717, 1.165) is 6.54 Å². The molecule has 0 radical (unpaired) electrons. The number of hydrogen-bond donors (Lipinski definition) is 4. The summed E-state index contributed by atoms with van der Waals surface area (Å²) in [7, 11) is 0. The van der Waals surface area contributed by atoms with E-state index in [1.165, 1.54) is 0 Å². The maximum absolute atomic E-state index is 11.5. The van der Waals surface area contributed by atoms with Crippen LogP contribution in [0.5, 0.6) is 0 Å². The first-order valence-corrected chi connectivity index (χ1v) is 6.81. The molecule has 2 atom stereocenters. The first-order valence-electron chi connectivity index (χ1n) is 6.81. The summed E-state index contributed by atoms with van der Waals surface area (Å²) in [6, 6.07) is -0.169. The number of rotatable bonds is 10. The molecule has 6 heteroatoms. The molecule has 0 heterocycles. The van der Waals surface area contributed by atoms with Crippen molar-refractivity contribution in [3.63, 3.8) is 0 Å². The molecule has 0 rings (SSSR count). The molecule has 0 aromatic carbocycles. The van der Waals surface area contributed by atoms with Gasteiger partial charge in [-0.05, 0) is 20.3 Å². The van der Waals surface area contributed by atoms with Crippen molar-refractivity contribution in [3.05, 3.63) is 0 Å². The molecule has 0 saturated carbocycles. The molecule has 0 aliphatic heterocycles. The van der Waals surface area contributed by atoms with Gasteiger partial charge in [0.2, 0.25) is 5.91 Å². The number of carboxylic acid groups (broad SMARTS) is 1. The first-order chi connectivity index (χ1) is 8.82. The topological polar surface area (TPSA) is 90.5 Å². The van der Waals surface area contributed by atoms with Crippen LogP contribution in [-0.2, 0) is 9.59 Å². The lowest BCUT2D eigenvalue weighted by molar-refractivity contribution is -0.139. The molecular weight excluding hydrogens is 246 g/mol. The van der Waals surface area contributed by atoms with E-state index in [9.17, 15) is 9.59 Å². The van der Waals surface area contributed by atoms with Gasteiger partial charge in [0.05, 0.1) is 0 Å². The van der Waals surface area contributed by atoms with Crippen LogP contribution in [0.4, 0.5) is 0 Å². The Balaban J connectivity index is 3.64. The molecule has 0 aliphatic rings. The fraction of sp³-hybridized carbons (Fsp3) is 0.846. The molecule has 0 aromatic rings. The summed E-state index contributed by atoms with van der Waals surface area (Å²) in [6.45, 7) is 8.96. The average Bonchev–Trinajstić information content (AvgIpc) is 2.31. The molecule has 0 aromatic heterocycles. The van der Waals surface area contributed by atoms with Gasteiger partial charge in [-0.25, -0.2) is 0 Å². The van der Waals surface area contributed by atoms with Crippen LogP contribution < -0.4 is 16.0 Å². The number of carbonyl (C=O) groups excluding carboxylic acids is 1. The second kappa shape index (κ2) is 9.75. The number of nitrogens with one attached hydrogen (secondary N) is 3. The lowest BCUT2D eigenvalue weighted by Crippen LogP contribution is -2.40. The Labute approximate surface area is 115 Å². The summed E-state index contributed by atoms with van der Waals surface area (Å²) in [5.74, 6) is -0.877. The quantitative estimate of drug-likeness (QED) is 0.431. The minimum absolute atomic E-state index is 0.00202. The molecule has 0 bridgehead atoms. The predicted molar refractivity (Wildman–Crippen MR) is 75.1 cm³/mol. The van der Waals surface area contributed by atoms with Crippen LogP contribution in [0.3, 0.4) is 0 Å². The number of carbonyl (C=O) groups is 2. The Morgan fingerprint density at radius 2 is 1.74 bits per heavy atom. The maximum Gasteiger partial charge on any atom is 0.320 e. The number of aliphatic carboxylic acids is 1. The summed E-state index contributed by atoms with van der Waals surface area (Å²) >= 11 is 0. The van der Waals surface area contributed by atoms with Gasteiger partial charge in [0.15, 0.2) is 0 Å². The van der Waals surface area contributed by atoms with Gasteiger partial charge in [0.1, 0.15) is 6.04 Å². The van der Waals surface area contributed by atoms with E-state index >= 15 is 0 Å². The van der Waals surface area contributed by atoms with Gasteiger partial charge in [-0.15, -0.1) is 0 Å². The standard InChI is InChI=1S/C13H27N3O3/c1-9(2)14-7-8-15-12(17)6-5-10(3)16-11(4)13(18)19/h9-11,14,16H,5-8H2,1-4H3,(H,15,17)(H,18,19). The Kier molecular flexibility index (Phi) is 9.16. The minimum Gasteiger partial charge on any atom is -0.480 e. The normalized spacial score (nSPS) is 14.2. The van der Waals surface area contributed by atoms with E-state index in [0.29, 0.717) is 25.4 Å². The van der Waals surface area contributed by atoms with Crippen LogP contribution in [-0.4, -0.2) is 48.2 Å². The predicted octanol–water partition coefficient (Wildman–Crippen LogP) is 0.332. The molecule has 112 valence electrons. The number of amides is 1. The highest BCUT2D eigenvalue weighted by molar-refractivity contribution is 5.76. The van der Waals surface area contributed by atoms with Crippen molar-refractivity contribution in [1.82, 2.24) is 16.0 Å². The third-order valence-corrected chi connectivity index (χ3v) is 2.71. The third-order valence-electron chi connectivity index (χ3n) is 2.71. The molecule has 2 unspecified atom stereocenters. The van der Waals surface area contributed by atoms with Crippen LogP contribution in [0.1, 0.15) is 40.5 Å². The fourth-order valence-corrected chi connectivity index (χ4v) is 1.58. The van der Waals surface area contributed by atoms with Crippen LogP contribution in [0.2, 0.25) is 0 Å². The van der Waals surface area contributed by atoms with Crippen molar-refractivity contribution >= 4 is 11.9 Å². The molecule has 0 spiro atoms. The lowest BCUT2D eigenvalue weighted by Gasteiger charge is -2.16. The van der Waals surface area contributed by atoms with Gasteiger partial charge in [-0.1, -0.05) is 13.8 Å². The van der Waals surface area contributed by atoms with Crippen molar-refractivity contribution in [2.24, 2.45) is 0 Å². The summed E-state index contributed by atoms with van der Waals surface area (Å²) < 4.78 is 0. The zero-order chi connectivity index (χ0) is 14.8. The molecule has 6 nitrogen and oxygen atoms in total. The van der Waals surface area contributed by atoms with Crippen molar-refractivity contribution in [3.8, 4) is 0 Å². The molecule has 19 heavy (non-hydrogen) atoms. The van der Waals surface area contributed by atoms with Gasteiger partial charge in [-0.2, -0.15) is 0 Å². The highest BCUT2D eigenvalue weighted by Crippen LogP contribution is 1.98. The Morgan fingerprint density at radius 1 is 1.11 bits per heavy atom. The van der Waals surface area contributed by atoms with Crippen LogP contribution in [0, 0.1) is 0 Å². The van der Waals surface area contributed by atoms with Crippen LogP contribution >= 0.6 is 0 Å². The summed E-state index contributed by atoms with van der Waals surface area (Å²) in [5, 5.41) is 17.7. The average molecular weight is 273 g/mol. The monoisotopic (exact) mass is 273 g/mol. The van der Waals surface area contributed by atoms with E-state index < -0.39 is 12.0 Å². The fourth-order valence-electron chi connectivity index (χ4n) is 1.58. The second-order valence-electron chi connectivity index (χ2n) is 5.13. The van der Waals surface area contributed by atoms with E-state index in [1.807, 2.05) is 6.92 Å². The zero-order valence-corrected chi connectivity index (χ0v) is 12.3. The third kappa shape index (κ3) is 10.5. The smallest absolute Gasteiger partial charge is 0.320 e. The number of hydrogen-bond acceptors (Lipinski definition) is 4. The van der Waals surface area contributed by atoms with E-state index in [-0.39, 0.29) is 11.9 Å². The van der Waals surface area contributed by atoms with Crippen molar-refractivity contribution < 1.29 is 14.7 Å². The van der Waals surface area contributed by atoms with Gasteiger partial charge in [0.25, 0.3) is 0 Å². The second-order valence-corrected chi connectivity index (χ2v) is 5.13. The molecule has 0 saturated heterocycles. The highest BCUT2D eigenvalue weighted by atomic mass is 16.4. The van der Waals surface area contributed by atoms with E-state index in [2.05, 4.69) is 29.8 Å². The van der Waals surface area contributed by atoms with Gasteiger partial charge in [0, 0.05) is 31.6 Å². The Bertz CT molecular complexity index is 282. The largest absolute Gasteiger partial charge is 0.480 e. The summed E-state index contributed by atoms with van der Waals surface area (Å²) in [4.78, 5) is 22.2. The molecule has 4 N–H and O–H groups in total. The van der Waals surface area contributed by atoms with Crippen molar-refractivity contribution in [2.45, 2.75) is 58.7 Å². The summed E-state index contributed by atoms with van der Waals surface area (Å²) in [6.07, 6.45) is 1.03. The highest BCUT2D eigenvalue weighted by Gasteiger charge is 2.14.